The zero-order valence-electron chi connectivity index (χ0n) is 9.36. The van der Waals surface area contributed by atoms with Gasteiger partial charge in [-0.3, -0.25) is 4.79 Å². The summed E-state index contributed by atoms with van der Waals surface area (Å²) >= 11 is 0. The molecular weight excluding hydrogens is 190 g/mol. The normalized spacial score (nSPS) is 9.00. The molecule has 0 unspecified atom stereocenters. The minimum atomic E-state index is -0.833. The first-order chi connectivity index (χ1) is 7.06. The summed E-state index contributed by atoms with van der Waals surface area (Å²) in [6.45, 7) is 3.97. The lowest BCUT2D eigenvalue weighted by Gasteiger charge is -1.99. The van der Waals surface area contributed by atoms with Crippen molar-refractivity contribution in [1.82, 2.24) is 0 Å². The molecule has 0 saturated heterocycles. The highest BCUT2D eigenvalue weighted by Gasteiger charge is 1.90. The van der Waals surface area contributed by atoms with Crippen molar-refractivity contribution in [3.8, 4) is 0 Å². The lowest BCUT2D eigenvalue weighted by Crippen LogP contribution is -2.00. The predicted octanol–water partition coefficient (Wildman–Crippen LogP) is 1.98. The SMILES string of the molecule is CC(=O)O.Cc1ccc(CCCN)cc1. The Balaban J connectivity index is 0.000000423. The summed E-state index contributed by atoms with van der Waals surface area (Å²) in [4.78, 5) is 9.00. The topological polar surface area (TPSA) is 63.3 Å². The third-order valence-electron chi connectivity index (χ3n) is 1.79. The van der Waals surface area contributed by atoms with E-state index in [1.54, 1.807) is 0 Å². The molecule has 0 heterocycles. The Morgan fingerprint density at radius 2 is 1.80 bits per heavy atom. The maximum atomic E-state index is 9.00. The molecule has 0 atom stereocenters. The number of carbonyl (C=O) groups is 1. The fraction of sp³-hybridized carbons (Fsp3) is 0.417. The van der Waals surface area contributed by atoms with E-state index in [2.05, 4.69) is 31.2 Å². The first kappa shape index (κ1) is 13.7. The number of carboxylic acids is 1. The molecule has 84 valence electrons. The van der Waals surface area contributed by atoms with E-state index in [-0.39, 0.29) is 0 Å². The van der Waals surface area contributed by atoms with Crippen molar-refractivity contribution in [3.05, 3.63) is 35.4 Å². The second-order valence-electron chi connectivity index (χ2n) is 3.40. The van der Waals surface area contributed by atoms with Crippen molar-refractivity contribution >= 4 is 5.97 Å². The summed E-state index contributed by atoms with van der Waals surface area (Å²) in [5, 5.41) is 7.42. The number of nitrogens with two attached hydrogens (primary N) is 1. The van der Waals surface area contributed by atoms with Crippen LogP contribution in [0.25, 0.3) is 0 Å². The molecule has 3 heteroatoms. The van der Waals surface area contributed by atoms with Crippen LogP contribution < -0.4 is 5.73 Å². The van der Waals surface area contributed by atoms with E-state index in [4.69, 9.17) is 15.6 Å². The fourth-order valence-electron chi connectivity index (χ4n) is 1.06. The van der Waals surface area contributed by atoms with Gasteiger partial charge in [-0.1, -0.05) is 29.8 Å². The van der Waals surface area contributed by atoms with Crippen molar-refractivity contribution in [3.63, 3.8) is 0 Å². The summed E-state index contributed by atoms with van der Waals surface area (Å²) in [7, 11) is 0. The number of benzene rings is 1. The molecule has 15 heavy (non-hydrogen) atoms. The molecular formula is C12H19NO2. The molecule has 0 bridgehead atoms. The van der Waals surface area contributed by atoms with Crippen LogP contribution in [0.1, 0.15) is 24.5 Å². The van der Waals surface area contributed by atoms with Gasteiger partial charge in [0.25, 0.3) is 5.97 Å². The number of aliphatic carboxylic acids is 1. The third-order valence-corrected chi connectivity index (χ3v) is 1.79. The Hall–Kier alpha value is -1.35. The molecule has 3 nitrogen and oxygen atoms in total. The van der Waals surface area contributed by atoms with E-state index < -0.39 is 5.97 Å². The summed E-state index contributed by atoms with van der Waals surface area (Å²) in [6.07, 6.45) is 2.19. The van der Waals surface area contributed by atoms with Crippen molar-refractivity contribution in [2.75, 3.05) is 6.54 Å². The number of rotatable bonds is 3. The van der Waals surface area contributed by atoms with Crippen molar-refractivity contribution in [2.24, 2.45) is 5.73 Å². The molecule has 0 aliphatic carbocycles. The predicted molar refractivity (Wildman–Crippen MR) is 61.9 cm³/mol. The largest absolute Gasteiger partial charge is 0.481 e. The van der Waals surface area contributed by atoms with E-state index in [1.807, 2.05) is 0 Å². The summed E-state index contributed by atoms with van der Waals surface area (Å²) in [6, 6.07) is 8.63. The molecule has 1 aromatic carbocycles. The summed E-state index contributed by atoms with van der Waals surface area (Å²) < 4.78 is 0. The molecule has 1 aromatic rings. The van der Waals surface area contributed by atoms with Crippen molar-refractivity contribution in [1.29, 1.82) is 0 Å². The molecule has 1 rings (SSSR count). The van der Waals surface area contributed by atoms with E-state index in [9.17, 15) is 0 Å². The minimum Gasteiger partial charge on any atom is -0.481 e. The van der Waals surface area contributed by atoms with Crippen molar-refractivity contribution in [2.45, 2.75) is 26.7 Å². The van der Waals surface area contributed by atoms with E-state index in [0.717, 1.165) is 26.3 Å². The van der Waals surface area contributed by atoms with Crippen LogP contribution in [0.5, 0.6) is 0 Å². The highest BCUT2D eigenvalue weighted by atomic mass is 16.4. The van der Waals surface area contributed by atoms with Crippen LogP contribution in [-0.4, -0.2) is 17.6 Å². The number of hydrogen-bond acceptors (Lipinski definition) is 2. The smallest absolute Gasteiger partial charge is 0.300 e. The van der Waals surface area contributed by atoms with Gasteiger partial charge >= 0.3 is 0 Å². The van der Waals surface area contributed by atoms with Crippen LogP contribution >= 0.6 is 0 Å². The second kappa shape index (κ2) is 8.00. The van der Waals surface area contributed by atoms with Crippen LogP contribution in [0.2, 0.25) is 0 Å². The average molecular weight is 209 g/mol. The van der Waals surface area contributed by atoms with Gasteiger partial charge in [0.15, 0.2) is 0 Å². The Bertz CT molecular complexity index is 276. The fourth-order valence-corrected chi connectivity index (χ4v) is 1.06. The zero-order chi connectivity index (χ0) is 11.7. The Morgan fingerprint density at radius 1 is 1.33 bits per heavy atom. The van der Waals surface area contributed by atoms with Gasteiger partial charge in [0.05, 0.1) is 0 Å². The Kier molecular flexibility index (Phi) is 7.28. The van der Waals surface area contributed by atoms with E-state index in [1.165, 1.54) is 11.1 Å². The Labute approximate surface area is 90.9 Å². The van der Waals surface area contributed by atoms with E-state index >= 15 is 0 Å². The first-order valence-electron chi connectivity index (χ1n) is 5.01. The minimum absolute atomic E-state index is 0.786. The monoisotopic (exact) mass is 209 g/mol. The first-order valence-corrected chi connectivity index (χ1v) is 5.01. The van der Waals surface area contributed by atoms with Gasteiger partial charge in [-0.2, -0.15) is 0 Å². The summed E-state index contributed by atoms with van der Waals surface area (Å²) in [5.74, 6) is -0.833. The van der Waals surface area contributed by atoms with Gasteiger partial charge in [-0.15, -0.1) is 0 Å². The van der Waals surface area contributed by atoms with Crippen LogP contribution in [-0.2, 0) is 11.2 Å². The number of carboxylic acid groups (broad SMARTS) is 1. The molecule has 0 amide bonds. The number of hydrogen-bond donors (Lipinski definition) is 2. The lowest BCUT2D eigenvalue weighted by molar-refractivity contribution is -0.134. The van der Waals surface area contributed by atoms with Crippen LogP contribution in [0, 0.1) is 6.92 Å². The highest BCUT2D eigenvalue weighted by Crippen LogP contribution is 2.04. The van der Waals surface area contributed by atoms with Crippen LogP contribution in [0.15, 0.2) is 24.3 Å². The molecule has 0 aliphatic rings. The third kappa shape index (κ3) is 8.97. The van der Waals surface area contributed by atoms with Gasteiger partial charge in [-0.05, 0) is 31.9 Å². The molecule has 0 radical (unpaired) electrons. The molecule has 0 aliphatic heterocycles. The van der Waals surface area contributed by atoms with Crippen LogP contribution in [0.4, 0.5) is 0 Å². The second-order valence-corrected chi connectivity index (χ2v) is 3.40. The zero-order valence-corrected chi connectivity index (χ0v) is 9.36. The van der Waals surface area contributed by atoms with Gasteiger partial charge in [-0.25, -0.2) is 0 Å². The molecule has 3 N–H and O–H groups in total. The molecule has 0 aromatic heterocycles. The van der Waals surface area contributed by atoms with Gasteiger partial charge in [0.1, 0.15) is 0 Å². The van der Waals surface area contributed by atoms with E-state index in [0.29, 0.717) is 0 Å². The van der Waals surface area contributed by atoms with Gasteiger partial charge < -0.3 is 10.8 Å². The van der Waals surface area contributed by atoms with Crippen LogP contribution in [0.3, 0.4) is 0 Å². The van der Waals surface area contributed by atoms with Gasteiger partial charge in [0.2, 0.25) is 0 Å². The quantitative estimate of drug-likeness (QED) is 0.800. The summed E-state index contributed by atoms with van der Waals surface area (Å²) in [5.41, 5.74) is 8.12. The van der Waals surface area contributed by atoms with Gasteiger partial charge in [0, 0.05) is 6.92 Å². The lowest BCUT2D eigenvalue weighted by atomic mass is 10.1. The maximum absolute atomic E-state index is 9.00. The molecule has 0 saturated carbocycles. The molecule has 0 fully saturated rings. The maximum Gasteiger partial charge on any atom is 0.300 e. The highest BCUT2D eigenvalue weighted by molar-refractivity contribution is 5.62. The molecule has 0 spiro atoms. The van der Waals surface area contributed by atoms with Crippen molar-refractivity contribution < 1.29 is 9.90 Å². The Morgan fingerprint density at radius 3 is 2.20 bits per heavy atom. The number of aryl methyl sites for hydroxylation is 2. The average Bonchev–Trinajstić information content (AvgIpc) is 2.16. The standard InChI is InChI=1S/C10H15N.C2H4O2/c1-9-4-6-10(7-5-9)3-2-8-11;1-2(3)4/h4-7H,2-3,8,11H2,1H3;1H3,(H,3,4).